The molecule has 1 amide bonds. The molecule has 0 aromatic carbocycles. The number of rotatable bonds is 2. The molecule has 0 aliphatic heterocycles. The molecule has 15 heavy (non-hydrogen) atoms. The number of aliphatic hydroxyl groups excluding tert-OH is 1. The van der Waals surface area contributed by atoms with Crippen LogP contribution in [0, 0.1) is 10.8 Å². The Morgan fingerprint density at radius 3 is 2.53 bits per heavy atom. The number of nitrogens with two attached hydrogens (primary N) is 1. The third kappa shape index (κ3) is 1.30. The lowest BCUT2D eigenvalue weighted by Gasteiger charge is -2.45. The van der Waals surface area contributed by atoms with Gasteiger partial charge >= 0.3 is 0 Å². The molecule has 2 saturated carbocycles. The van der Waals surface area contributed by atoms with Crippen LogP contribution < -0.4 is 5.73 Å². The lowest BCUT2D eigenvalue weighted by Crippen LogP contribution is -2.47. The summed E-state index contributed by atoms with van der Waals surface area (Å²) in [6, 6.07) is 0. The summed E-state index contributed by atoms with van der Waals surface area (Å²) in [5.41, 5.74) is 4.98. The predicted molar refractivity (Wildman–Crippen MR) is 61.5 cm³/mol. The summed E-state index contributed by atoms with van der Waals surface area (Å²) in [6.45, 7) is 4.09. The Morgan fingerprint density at radius 2 is 2.13 bits per heavy atom. The van der Waals surface area contributed by atoms with Gasteiger partial charge in [0.15, 0.2) is 0 Å². The number of hydrogen-bond donors (Lipinski definition) is 2. The molecule has 4 heteroatoms. The Bertz CT molecular complexity index is 318. The van der Waals surface area contributed by atoms with E-state index in [1.165, 1.54) is 0 Å². The normalized spacial score (nSPS) is 47.1. The highest BCUT2D eigenvalue weighted by atomic mass is 79.9. The second-order valence-electron chi connectivity index (χ2n) is 5.76. The molecule has 2 rings (SSSR count). The first-order valence-electron chi connectivity index (χ1n) is 5.39. The molecule has 0 spiro atoms. The number of carbonyl (C=O) groups is 1. The summed E-state index contributed by atoms with van der Waals surface area (Å²) < 4.78 is -0.189. The zero-order chi connectivity index (χ0) is 11.5. The van der Waals surface area contributed by atoms with Gasteiger partial charge in [-0.3, -0.25) is 4.79 Å². The van der Waals surface area contributed by atoms with Crippen LogP contribution in [0.1, 0.15) is 39.5 Å². The van der Waals surface area contributed by atoms with E-state index < -0.39 is 6.10 Å². The van der Waals surface area contributed by atoms with E-state index in [0.29, 0.717) is 6.42 Å². The van der Waals surface area contributed by atoms with Gasteiger partial charge in [0.1, 0.15) is 0 Å². The summed E-state index contributed by atoms with van der Waals surface area (Å²) in [5.74, 6) is -0.256. The third-order valence-corrected chi connectivity index (χ3v) is 5.82. The van der Waals surface area contributed by atoms with E-state index >= 15 is 0 Å². The molecule has 2 aliphatic carbocycles. The molecular weight excluding hydrogens is 258 g/mol. The van der Waals surface area contributed by atoms with E-state index in [2.05, 4.69) is 15.9 Å². The smallest absolute Gasteiger partial charge is 0.217 e. The molecule has 0 saturated heterocycles. The van der Waals surface area contributed by atoms with Gasteiger partial charge in [-0.1, -0.05) is 29.8 Å². The first-order valence-corrected chi connectivity index (χ1v) is 6.18. The minimum absolute atomic E-state index is 0.109. The Balaban J connectivity index is 2.37. The van der Waals surface area contributed by atoms with Gasteiger partial charge in [0.25, 0.3) is 0 Å². The van der Waals surface area contributed by atoms with Crippen LogP contribution in [-0.4, -0.2) is 21.4 Å². The van der Waals surface area contributed by atoms with Crippen molar-refractivity contribution in [3.8, 4) is 0 Å². The molecule has 3 atom stereocenters. The van der Waals surface area contributed by atoms with Crippen molar-refractivity contribution in [1.82, 2.24) is 0 Å². The molecule has 3 nitrogen and oxygen atoms in total. The van der Waals surface area contributed by atoms with E-state index in [1.54, 1.807) is 0 Å². The van der Waals surface area contributed by atoms with Crippen LogP contribution >= 0.6 is 15.9 Å². The standard InChI is InChI=1S/C11H18BrNO2/c1-9(2)8(15)11(12)4-3-10(9,6-11)5-7(13)14/h8,15H,3-6H2,1-2H3,(H2,13,14)/t8-,10-,11+/m1/s1. The Hall–Kier alpha value is -0.0900. The summed E-state index contributed by atoms with van der Waals surface area (Å²) >= 11 is 3.65. The fourth-order valence-corrected chi connectivity index (χ4v) is 4.93. The number of amides is 1. The van der Waals surface area contributed by atoms with Gasteiger partial charge in [0, 0.05) is 6.42 Å². The number of aliphatic hydroxyl groups is 1. The molecule has 3 N–H and O–H groups in total. The van der Waals surface area contributed by atoms with Crippen molar-refractivity contribution in [3.63, 3.8) is 0 Å². The maximum atomic E-state index is 11.2. The van der Waals surface area contributed by atoms with Gasteiger partial charge in [0.2, 0.25) is 5.91 Å². The van der Waals surface area contributed by atoms with Crippen molar-refractivity contribution in [3.05, 3.63) is 0 Å². The number of carbonyl (C=O) groups excluding carboxylic acids is 1. The molecule has 0 heterocycles. The van der Waals surface area contributed by atoms with Crippen LogP contribution in [0.4, 0.5) is 0 Å². The first kappa shape index (κ1) is 11.4. The van der Waals surface area contributed by atoms with Crippen LogP contribution in [0.3, 0.4) is 0 Å². The molecule has 0 unspecified atom stereocenters. The van der Waals surface area contributed by atoms with E-state index in [1.807, 2.05) is 13.8 Å². The molecule has 0 aromatic heterocycles. The van der Waals surface area contributed by atoms with Crippen molar-refractivity contribution in [2.45, 2.75) is 50.0 Å². The lowest BCUT2D eigenvalue weighted by atomic mass is 9.62. The predicted octanol–water partition coefficient (Wildman–Crippen LogP) is 1.57. The van der Waals surface area contributed by atoms with Gasteiger partial charge < -0.3 is 10.8 Å². The van der Waals surface area contributed by atoms with Crippen LogP contribution in [0.25, 0.3) is 0 Å². The Morgan fingerprint density at radius 1 is 1.53 bits per heavy atom. The van der Waals surface area contributed by atoms with Crippen LogP contribution in [0.2, 0.25) is 0 Å². The molecule has 0 radical (unpaired) electrons. The Kier molecular flexibility index (Phi) is 2.26. The van der Waals surface area contributed by atoms with Gasteiger partial charge in [-0.25, -0.2) is 0 Å². The van der Waals surface area contributed by atoms with E-state index in [0.717, 1.165) is 19.3 Å². The maximum Gasteiger partial charge on any atom is 0.217 e. The summed E-state index contributed by atoms with van der Waals surface area (Å²) in [6.07, 6.45) is 2.77. The topological polar surface area (TPSA) is 63.3 Å². The zero-order valence-electron chi connectivity index (χ0n) is 9.22. The van der Waals surface area contributed by atoms with Crippen molar-refractivity contribution in [2.24, 2.45) is 16.6 Å². The fraction of sp³-hybridized carbons (Fsp3) is 0.909. The average molecular weight is 276 g/mol. The number of primary amides is 1. The molecular formula is C11H18BrNO2. The first-order chi connectivity index (χ1) is 6.74. The molecule has 0 aromatic rings. The lowest BCUT2D eigenvalue weighted by molar-refractivity contribution is -0.123. The fourth-order valence-electron chi connectivity index (χ4n) is 3.62. The van der Waals surface area contributed by atoms with Crippen LogP contribution in [0.15, 0.2) is 0 Å². The van der Waals surface area contributed by atoms with E-state index in [9.17, 15) is 9.90 Å². The highest BCUT2D eigenvalue weighted by Gasteiger charge is 2.68. The highest BCUT2D eigenvalue weighted by molar-refractivity contribution is 9.10. The Labute approximate surface area is 98.5 Å². The van der Waals surface area contributed by atoms with Crippen molar-refractivity contribution in [2.75, 3.05) is 0 Å². The van der Waals surface area contributed by atoms with Gasteiger partial charge in [0.05, 0.1) is 10.4 Å². The van der Waals surface area contributed by atoms with Crippen molar-refractivity contribution >= 4 is 21.8 Å². The quantitative estimate of drug-likeness (QED) is 0.752. The number of halogens is 1. The second-order valence-corrected chi connectivity index (χ2v) is 7.34. The van der Waals surface area contributed by atoms with Gasteiger partial charge in [-0.15, -0.1) is 0 Å². The molecule has 2 fully saturated rings. The van der Waals surface area contributed by atoms with Gasteiger partial charge in [-0.2, -0.15) is 0 Å². The number of fused-ring (bicyclic) bond motifs is 2. The second kappa shape index (κ2) is 2.98. The number of hydrogen-bond acceptors (Lipinski definition) is 2. The number of alkyl halides is 1. The summed E-state index contributed by atoms with van der Waals surface area (Å²) in [5, 5.41) is 10.3. The average Bonchev–Trinajstić information content (AvgIpc) is 2.48. The molecule has 86 valence electrons. The van der Waals surface area contributed by atoms with Crippen LogP contribution in [-0.2, 0) is 4.79 Å². The van der Waals surface area contributed by atoms with Crippen molar-refractivity contribution < 1.29 is 9.90 Å². The monoisotopic (exact) mass is 275 g/mol. The third-order valence-electron chi connectivity index (χ3n) is 4.70. The maximum absolute atomic E-state index is 11.2. The SMILES string of the molecule is CC1(C)[C@@H](O)[C@]2(Br)CC[C@@]1(CC(N)=O)C2. The van der Waals surface area contributed by atoms with E-state index in [-0.39, 0.29) is 21.1 Å². The summed E-state index contributed by atoms with van der Waals surface area (Å²) in [7, 11) is 0. The molecule has 2 aliphatic rings. The van der Waals surface area contributed by atoms with Crippen molar-refractivity contribution in [1.29, 1.82) is 0 Å². The van der Waals surface area contributed by atoms with Gasteiger partial charge in [-0.05, 0) is 30.1 Å². The zero-order valence-corrected chi connectivity index (χ0v) is 10.8. The minimum atomic E-state index is -0.391. The van der Waals surface area contributed by atoms with E-state index in [4.69, 9.17) is 5.73 Å². The van der Waals surface area contributed by atoms with Crippen LogP contribution in [0.5, 0.6) is 0 Å². The highest BCUT2D eigenvalue weighted by Crippen LogP contribution is 2.69. The molecule has 2 bridgehead atoms. The summed E-state index contributed by atoms with van der Waals surface area (Å²) in [4.78, 5) is 11.2. The largest absolute Gasteiger partial charge is 0.391 e. The minimum Gasteiger partial charge on any atom is -0.391 e.